The van der Waals surface area contributed by atoms with Gasteiger partial charge in [-0.3, -0.25) is 0 Å². The van der Waals surface area contributed by atoms with Crippen LogP contribution in [0.3, 0.4) is 0 Å². The molecule has 0 amide bonds. The van der Waals surface area contributed by atoms with Gasteiger partial charge in [0.15, 0.2) is 0 Å². The van der Waals surface area contributed by atoms with Crippen LogP contribution in [0.25, 0.3) is 0 Å². The van der Waals surface area contributed by atoms with Crippen LogP contribution in [0, 0.1) is 0 Å². The van der Waals surface area contributed by atoms with Gasteiger partial charge in [-0.2, -0.15) is 4.98 Å². The monoisotopic (exact) mass is 396 g/mol. The Morgan fingerprint density at radius 1 is 1.00 bits per heavy atom. The molecule has 3 N–H and O–H groups in total. The summed E-state index contributed by atoms with van der Waals surface area (Å²) in [5.41, 5.74) is 3.69. The molecule has 3 rings (SSSR count). The summed E-state index contributed by atoms with van der Waals surface area (Å²) in [6, 6.07) is 13.9. The normalized spacial score (nSPS) is 10.5. The van der Waals surface area contributed by atoms with Gasteiger partial charge in [-0.05, 0) is 49.2 Å². The molecule has 0 aliphatic heterocycles. The van der Waals surface area contributed by atoms with Crippen LogP contribution in [0.5, 0.6) is 0 Å². The lowest BCUT2D eigenvalue weighted by Crippen LogP contribution is -2.09. The SMILES string of the molecule is CCc1nc(Nc2ccc(C(=O)O)cc2)nc(Nc2ccccc2Cl)c1CC. The van der Waals surface area contributed by atoms with Crippen LogP contribution in [-0.4, -0.2) is 21.0 Å². The lowest BCUT2D eigenvalue weighted by Gasteiger charge is -2.16. The molecule has 0 aliphatic rings. The zero-order chi connectivity index (χ0) is 20.1. The van der Waals surface area contributed by atoms with Gasteiger partial charge in [0.1, 0.15) is 5.82 Å². The first kappa shape index (κ1) is 19.6. The highest BCUT2D eigenvalue weighted by Gasteiger charge is 2.14. The molecule has 0 unspecified atom stereocenters. The number of carbonyl (C=O) groups is 1. The van der Waals surface area contributed by atoms with E-state index in [1.807, 2.05) is 31.2 Å². The van der Waals surface area contributed by atoms with E-state index in [1.165, 1.54) is 12.1 Å². The summed E-state index contributed by atoms with van der Waals surface area (Å²) in [6.07, 6.45) is 1.54. The van der Waals surface area contributed by atoms with Gasteiger partial charge in [-0.25, -0.2) is 9.78 Å². The third-order valence-corrected chi connectivity index (χ3v) is 4.63. The minimum absolute atomic E-state index is 0.225. The summed E-state index contributed by atoms with van der Waals surface area (Å²) < 4.78 is 0. The minimum Gasteiger partial charge on any atom is -0.478 e. The second kappa shape index (κ2) is 8.71. The molecule has 0 atom stereocenters. The van der Waals surface area contributed by atoms with Crippen molar-refractivity contribution in [2.75, 3.05) is 10.6 Å². The highest BCUT2D eigenvalue weighted by Crippen LogP contribution is 2.29. The number of aryl methyl sites for hydroxylation is 1. The molecule has 2 aromatic carbocycles. The van der Waals surface area contributed by atoms with Gasteiger partial charge in [0.2, 0.25) is 5.95 Å². The van der Waals surface area contributed by atoms with Gasteiger partial charge in [-0.15, -0.1) is 0 Å². The molecule has 144 valence electrons. The molecule has 1 heterocycles. The molecule has 1 aromatic heterocycles. The number of carboxylic acid groups (broad SMARTS) is 1. The van der Waals surface area contributed by atoms with Crippen LogP contribution in [0.1, 0.15) is 35.5 Å². The van der Waals surface area contributed by atoms with Gasteiger partial charge in [0, 0.05) is 11.3 Å². The van der Waals surface area contributed by atoms with Crippen LogP contribution in [0.15, 0.2) is 48.5 Å². The molecule has 0 bridgehead atoms. The maximum atomic E-state index is 11.0. The average molecular weight is 397 g/mol. The van der Waals surface area contributed by atoms with E-state index in [4.69, 9.17) is 16.7 Å². The van der Waals surface area contributed by atoms with Gasteiger partial charge < -0.3 is 15.7 Å². The quantitative estimate of drug-likeness (QED) is 0.493. The molecule has 0 aliphatic carbocycles. The third-order valence-electron chi connectivity index (χ3n) is 4.30. The number of nitrogens with zero attached hydrogens (tertiary/aromatic N) is 2. The minimum atomic E-state index is -0.963. The summed E-state index contributed by atoms with van der Waals surface area (Å²) >= 11 is 6.28. The number of rotatable bonds is 7. The van der Waals surface area contributed by atoms with Crippen molar-refractivity contribution in [1.82, 2.24) is 9.97 Å². The van der Waals surface area contributed by atoms with E-state index in [0.29, 0.717) is 22.5 Å². The van der Waals surface area contributed by atoms with Crippen molar-refractivity contribution in [3.8, 4) is 0 Å². The molecule has 7 heteroatoms. The fraction of sp³-hybridized carbons (Fsp3) is 0.190. The molecular weight excluding hydrogens is 376 g/mol. The standard InChI is InChI=1S/C21H21ClN4O2/c1-3-15-17(4-2)25-21(23-14-11-9-13(10-12-14)20(27)28)26-19(15)24-18-8-6-5-7-16(18)22/h5-12H,3-4H2,1-2H3,(H,27,28)(H2,23,24,25,26). The van der Waals surface area contributed by atoms with E-state index in [2.05, 4.69) is 27.5 Å². The Hall–Kier alpha value is -3.12. The number of carboxylic acids is 1. The van der Waals surface area contributed by atoms with Crippen molar-refractivity contribution in [3.05, 3.63) is 70.4 Å². The van der Waals surface area contributed by atoms with Gasteiger partial charge in [0.05, 0.1) is 22.0 Å². The Labute approximate surface area is 168 Å². The molecule has 0 saturated carbocycles. The maximum absolute atomic E-state index is 11.0. The number of hydrogen-bond acceptors (Lipinski definition) is 5. The Morgan fingerprint density at radius 3 is 2.32 bits per heavy atom. The molecule has 0 fully saturated rings. The van der Waals surface area contributed by atoms with Crippen molar-refractivity contribution < 1.29 is 9.90 Å². The molecule has 6 nitrogen and oxygen atoms in total. The van der Waals surface area contributed by atoms with E-state index < -0.39 is 5.97 Å². The number of para-hydroxylation sites is 1. The first-order valence-electron chi connectivity index (χ1n) is 9.03. The van der Waals surface area contributed by atoms with Gasteiger partial charge >= 0.3 is 5.97 Å². The topological polar surface area (TPSA) is 87.1 Å². The van der Waals surface area contributed by atoms with Crippen molar-refractivity contribution >= 4 is 40.7 Å². The number of hydrogen-bond donors (Lipinski definition) is 3. The van der Waals surface area contributed by atoms with Gasteiger partial charge in [-0.1, -0.05) is 37.6 Å². The first-order valence-corrected chi connectivity index (χ1v) is 9.41. The smallest absolute Gasteiger partial charge is 0.335 e. The molecule has 0 radical (unpaired) electrons. The molecule has 28 heavy (non-hydrogen) atoms. The number of halogens is 1. The Morgan fingerprint density at radius 2 is 1.71 bits per heavy atom. The fourth-order valence-corrected chi connectivity index (χ4v) is 3.05. The third kappa shape index (κ3) is 4.40. The maximum Gasteiger partial charge on any atom is 0.335 e. The largest absolute Gasteiger partial charge is 0.478 e. The molecule has 3 aromatic rings. The van der Waals surface area contributed by atoms with E-state index in [-0.39, 0.29) is 5.56 Å². The zero-order valence-electron chi connectivity index (χ0n) is 15.7. The van der Waals surface area contributed by atoms with Crippen LogP contribution in [0.4, 0.5) is 23.1 Å². The highest BCUT2D eigenvalue weighted by atomic mass is 35.5. The molecule has 0 spiro atoms. The van der Waals surface area contributed by atoms with Gasteiger partial charge in [0.25, 0.3) is 0 Å². The highest BCUT2D eigenvalue weighted by molar-refractivity contribution is 6.33. The Bertz CT molecular complexity index is 990. The van der Waals surface area contributed by atoms with Crippen LogP contribution in [-0.2, 0) is 12.8 Å². The van der Waals surface area contributed by atoms with E-state index in [0.717, 1.165) is 29.8 Å². The van der Waals surface area contributed by atoms with E-state index in [1.54, 1.807) is 12.1 Å². The second-order valence-corrected chi connectivity index (χ2v) is 6.55. The fourth-order valence-electron chi connectivity index (χ4n) is 2.87. The van der Waals surface area contributed by atoms with E-state index >= 15 is 0 Å². The lowest BCUT2D eigenvalue weighted by molar-refractivity contribution is 0.0697. The number of aromatic carboxylic acids is 1. The first-order chi connectivity index (χ1) is 13.5. The Kier molecular flexibility index (Phi) is 6.11. The zero-order valence-corrected chi connectivity index (χ0v) is 16.4. The van der Waals surface area contributed by atoms with Crippen LogP contribution < -0.4 is 10.6 Å². The van der Waals surface area contributed by atoms with Crippen molar-refractivity contribution in [1.29, 1.82) is 0 Å². The van der Waals surface area contributed by atoms with Crippen molar-refractivity contribution in [2.24, 2.45) is 0 Å². The van der Waals surface area contributed by atoms with Crippen LogP contribution >= 0.6 is 11.6 Å². The Balaban J connectivity index is 1.95. The van der Waals surface area contributed by atoms with E-state index in [9.17, 15) is 4.79 Å². The lowest BCUT2D eigenvalue weighted by atomic mass is 10.1. The number of aromatic nitrogens is 2. The molecular formula is C21H21ClN4O2. The summed E-state index contributed by atoms with van der Waals surface area (Å²) in [7, 11) is 0. The predicted octanol–water partition coefficient (Wildman–Crippen LogP) is 5.44. The second-order valence-electron chi connectivity index (χ2n) is 6.14. The summed E-state index contributed by atoms with van der Waals surface area (Å²) in [5, 5.41) is 16.1. The van der Waals surface area contributed by atoms with Crippen molar-refractivity contribution in [3.63, 3.8) is 0 Å². The summed E-state index contributed by atoms with van der Waals surface area (Å²) in [4.78, 5) is 20.3. The predicted molar refractivity (Wildman–Crippen MR) is 112 cm³/mol. The summed E-state index contributed by atoms with van der Waals surface area (Å²) in [6.45, 7) is 4.11. The molecule has 0 saturated heterocycles. The number of nitrogens with one attached hydrogen (secondary N) is 2. The average Bonchev–Trinajstić information content (AvgIpc) is 2.69. The van der Waals surface area contributed by atoms with Crippen LogP contribution in [0.2, 0.25) is 5.02 Å². The number of benzene rings is 2. The van der Waals surface area contributed by atoms with Crippen molar-refractivity contribution in [2.45, 2.75) is 26.7 Å². The number of anilines is 4. The summed E-state index contributed by atoms with van der Waals surface area (Å²) in [5.74, 6) is 0.174.